The van der Waals surface area contributed by atoms with Crippen molar-refractivity contribution in [3.05, 3.63) is 29.8 Å². The maximum absolute atomic E-state index is 12.0. The number of rotatable bonds is 5. The standard InChI is InChI=1S/C19H21NO5S/c1-19(2)8-16(23)25-18-11-5-4-6-14(17(11)13(21)7-12(18)19)24-9-15(22)20-10-26-3/h4-7,21H,8-10H2,1-3H3,(H,20,22). The molecular weight excluding hydrogens is 354 g/mol. The molecule has 1 heterocycles. The number of esters is 1. The van der Waals surface area contributed by atoms with E-state index < -0.39 is 5.41 Å². The molecule has 0 saturated heterocycles. The molecule has 7 heteroatoms. The molecule has 0 aromatic heterocycles. The van der Waals surface area contributed by atoms with Crippen molar-refractivity contribution in [3.63, 3.8) is 0 Å². The lowest BCUT2D eigenvalue weighted by Gasteiger charge is -2.32. The summed E-state index contributed by atoms with van der Waals surface area (Å²) in [6.07, 6.45) is 2.13. The minimum absolute atomic E-state index is 0.0323. The number of hydrogen-bond donors (Lipinski definition) is 2. The number of carbonyl (C=O) groups is 2. The molecule has 6 nitrogen and oxygen atoms in total. The maximum atomic E-state index is 12.0. The summed E-state index contributed by atoms with van der Waals surface area (Å²) in [5.74, 6) is 0.781. The molecule has 1 aliphatic rings. The van der Waals surface area contributed by atoms with Crippen molar-refractivity contribution in [2.45, 2.75) is 25.7 Å². The predicted octanol–water partition coefficient (Wildman–Crippen LogP) is 2.95. The number of hydrogen-bond acceptors (Lipinski definition) is 6. The van der Waals surface area contributed by atoms with E-state index in [2.05, 4.69) is 5.32 Å². The fourth-order valence-corrected chi connectivity index (χ4v) is 3.40. The van der Waals surface area contributed by atoms with Crippen LogP contribution in [0.15, 0.2) is 24.3 Å². The zero-order chi connectivity index (χ0) is 18.9. The number of fused-ring (bicyclic) bond motifs is 3. The lowest BCUT2D eigenvalue weighted by atomic mass is 9.78. The summed E-state index contributed by atoms with van der Waals surface area (Å²) in [4.78, 5) is 23.8. The summed E-state index contributed by atoms with van der Waals surface area (Å²) in [7, 11) is 0. The number of ether oxygens (including phenoxy) is 2. The van der Waals surface area contributed by atoms with Gasteiger partial charge in [0.2, 0.25) is 0 Å². The highest BCUT2D eigenvalue weighted by Gasteiger charge is 2.36. The summed E-state index contributed by atoms with van der Waals surface area (Å²) >= 11 is 1.50. The van der Waals surface area contributed by atoms with Gasteiger partial charge in [0.05, 0.1) is 17.7 Å². The Morgan fingerprint density at radius 1 is 1.42 bits per heavy atom. The van der Waals surface area contributed by atoms with Crippen LogP contribution < -0.4 is 14.8 Å². The Morgan fingerprint density at radius 3 is 2.92 bits per heavy atom. The van der Waals surface area contributed by atoms with Crippen molar-refractivity contribution in [3.8, 4) is 17.2 Å². The number of phenolic OH excluding ortho intramolecular Hbond substituents is 1. The van der Waals surface area contributed by atoms with Gasteiger partial charge < -0.3 is 19.9 Å². The second-order valence-corrected chi connectivity index (χ2v) is 7.67. The molecule has 26 heavy (non-hydrogen) atoms. The Bertz CT molecular complexity index is 878. The summed E-state index contributed by atoms with van der Waals surface area (Å²) < 4.78 is 11.1. The summed E-state index contributed by atoms with van der Waals surface area (Å²) in [5, 5.41) is 14.3. The molecule has 0 spiro atoms. The zero-order valence-electron chi connectivity index (χ0n) is 14.9. The van der Waals surface area contributed by atoms with Crippen molar-refractivity contribution in [2.24, 2.45) is 0 Å². The lowest BCUT2D eigenvalue weighted by Crippen LogP contribution is -2.30. The molecule has 0 saturated carbocycles. The van der Waals surface area contributed by atoms with Crippen LogP contribution in [-0.4, -0.2) is 35.7 Å². The van der Waals surface area contributed by atoms with Crippen molar-refractivity contribution in [2.75, 3.05) is 18.7 Å². The second kappa shape index (κ2) is 7.07. The van der Waals surface area contributed by atoms with Gasteiger partial charge in [0.15, 0.2) is 6.61 Å². The topological polar surface area (TPSA) is 84.9 Å². The third-order valence-electron chi connectivity index (χ3n) is 4.36. The molecule has 0 radical (unpaired) electrons. The second-order valence-electron chi connectivity index (χ2n) is 6.81. The van der Waals surface area contributed by atoms with E-state index in [0.717, 1.165) is 5.56 Å². The van der Waals surface area contributed by atoms with Gasteiger partial charge in [0, 0.05) is 16.4 Å². The van der Waals surface area contributed by atoms with Crippen molar-refractivity contribution in [1.82, 2.24) is 5.32 Å². The number of phenols is 1. The highest BCUT2D eigenvalue weighted by Crippen LogP contribution is 2.48. The van der Waals surface area contributed by atoms with Gasteiger partial charge in [-0.15, -0.1) is 11.8 Å². The van der Waals surface area contributed by atoms with Crippen molar-refractivity contribution < 1.29 is 24.2 Å². The monoisotopic (exact) mass is 375 g/mol. The number of amides is 1. The molecule has 2 aromatic carbocycles. The molecule has 1 amide bonds. The van der Waals surface area contributed by atoms with Crippen molar-refractivity contribution >= 4 is 34.4 Å². The molecule has 2 aromatic rings. The number of aromatic hydroxyl groups is 1. The molecule has 0 bridgehead atoms. The first-order chi connectivity index (χ1) is 12.3. The summed E-state index contributed by atoms with van der Waals surface area (Å²) in [6.45, 7) is 3.71. The molecule has 0 fully saturated rings. The smallest absolute Gasteiger partial charge is 0.312 e. The molecule has 1 aliphatic heterocycles. The SMILES string of the molecule is CSCNC(=O)COc1cccc2c3c(cc(O)c12)C(C)(C)CC(=O)O3. The minimum atomic E-state index is -0.440. The van der Waals surface area contributed by atoms with E-state index in [-0.39, 0.29) is 30.7 Å². The zero-order valence-corrected chi connectivity index (χ0v) is 15.7. The third kappa shape index (κ3) is 3.44. The average molecular weight is 375 g/mol. The van der Waals surface area contributed by atoms with Gasteiger partial charge in [-0.1, -0.05) is 26.0 Å². The normalized spacial score (nSPS) is 15.3. The molecule has 0 atom stereocenters. The Labute approximate surface area is 155 Å². The van der Waals surface area contributed by atoms with Crippen LogP contribution >= 0.6 is 11.8 Å². The van der Waals surface area contributed by atoms with Crippen LogP contribution in [0.25, 0.3) is 10.8 Å². The van der Waals surface area contributed by atoms with Crippen LogP contribution in [0.2, 0.25) is 0 Å². The van der Waals surface area contributed by atoms with Gasteiger partial charge >= 0.3 is 5.97 Å². The Kier molecular flexibility index (Phi) is 5.00. The van der Waals surface area contributed by atoms with Crippen molar-refractivity contribution in [1.29, 1.82) is 0 Å². The first-order valence-corrected chi connectivity index (χ1v) is 9.61. The first kappa shape index (κ1) is 18.4. The Morgan fingerprint density at radius 2 is 2.19 bits per heavy atom. The highest BCUT2D eigenvalue weighted by atomic mass is 32.2. The van der Waals surface area contributed by atoms with Crippen LogP contribution in [0.3, 0.4) is 0 Å². The molecular formula is C19H21NO5S. The Balaban J connectivity index is 2.02. The number of benzene rings is 2. The molecule has 138 valence electrons. The lowest BCUT2D eigenvalue weighted by molar-refractivity contribution is -0.136. The van der Waals surface area contributed by atoms with E-state index in [4.69, 9.17) is 9.47 Å². The van der Waals surface area contributed by atoms with E-state index in [1.54, 1.807) is 24.3 Å². The van der Waals surface area contributed by atoms with Gasteiger partial charge in [-0.3, -0.25) is 9.59 Å². The molecule has 2 N–H and O–H groups in total. The van der Waals surface area contributed by atoms with E-state index in [1.807, 2.05) is 20.1 Å². The molecule has 0 unspecified atom stereocenters. The van der Waals surface area contributed by atoms with Gasteiger partial charge in [-0.25, -0.2) is 0 Å². The van der Waals surface area contributed by atoms with E-state index in [9.17, 15) is 14.7 Å². The number of nitrogens with one attached hydrogen (secondary N) is 1. The summed E-state index contributed by atoms with van der Waals surface area (Å²) in [6, 6.07) is 6.80. The van der Waals surface area contributed by atoms with E-state index >= 15 is 0 Å². The molecule has 0 aliphatic carbocycles. The van der Waals surface area contributed by atoms with Crippen LogP contribution in [-0.2, 0) is 15.0 Å². The molecule has 3 rings (SSSR count). The van der Waals surface area contributed by atoms with Crippen LogP contribution in [0.5, 0.6) is 17.2 Å². The van der Waals surface area contributed by atoms with Gasteiger partial charge in [-0.05, 0) is 18.4 Å². The fourth-order valence-electron chi connectivity index (χ4n) is 3.09. The number of thioether (sulfide) groups is 1. The van der Waals surface area contributed by atoms with Crippen LogP contribution in [0.4, 0.5) is 0 Å². The van der Waals surface area contributed by atoms with Crippen LogP contribution in [0, 0.1) is 0 Å². The Hall–Kier alpha value is -2.41. The quantitative estimate of drug-likeness (QED) is 0.475. The van der Waals surface area contributed by atoms with E-state index in [0.29, 0.717) is 28.1 Å². The van der Waals surface area contributed by atoms with Crippen LogP contribution in [0.1, 0.15) is 25.8 Å². The minimum Gasteiger partial charge on any atom is -0.507 e. The first-order valence-electron chi connectivity index (χ1n) is 8.22. The largest absolute Gasteiger partial charge is 0.507 e. The maximum Gasteiger partial charge on any atom is 0.312 e. The third-order valence-corrected chi connectivity index (χ3v) is 4.79. The summed E-state index contributed by atoms with van der Waals surface area (Å²) in [5.41, 5.74) is 0.335. The van der Waals surface area contributed by atoms with E-state index in [1.165, 1.54) is 11.8 Å². The van der Waals surface area contributed by atoms with Gasteiger partial charge in [0.25, 0.3) is 5.91 Å². The highest BCUT2D eigenvalue weighted by molar-refractivity contribution is 7.98. The average Bonchev–Trinajstić information content (AvgIpc) is 2.58. The number of carbonyl (C=O) groups excluding carboxylic acids is 2. The fraction of sp³-hybridized carbons (Fsp3) is 0.368. The van der Waals surface area contributed by atoms with Gasteiger partial charge in [0.1, 0.15) is 17.2 Å². The predicted molar refractivity (Wildman–Crippen MR) is 101 cm³/mol. The van der Waals surface area contributed by atoms with Gasteiger partial charge in [-0.2, -0.15) is 0 Å².